The lowest BCUT2D eigenvalue weighted by Gasteiger charge is -2.33. The average Bonchev–Trinajstić information content (AvgIpc) is 2.48. The number of hydrogen-bond acceptors (Lipinski definition) is 4. The Bertz CT molecular complexity index is 452. The molecule has 20 heavy (non-hydrogen) atoms. The quantitative estimate of drug-likeness (QED) is 0.806. The maximum Gasteiger partial charge on any atom is 0.140 e. The second kappa shape index (κ2) is 7.98. The van der Waals surface area contributed by atoms with Crippen molar-refractivity contribution in [2.45, 2.75) is 32.7 Å². The molecule has 0 aliphatic carbocycles. The van der Waals surface area contributed by atoms with Crippen molar-refractivity contribution in [3.8, 4) is 6.07 Å². The van der Waals surface area contributed by atoms with Gasteiger partial charge in [0, 0.05) is 19.3 Å². The SMILES string of the molecule is CCCNCC1CCCN(Cc2ccnc(C#N)c2)C1. The van der Waals surface area contributed by atoms with Crippen molar-refractivity contribution in [3.63, 3.8) is 0 Å². The van der Waals surface area contributed by atoms with E-state index in [2.05, 4.69) is 28.2 Å². The van der Waals surface area contributed by atoms with Gasteiger partial charge in [-0.05, 0) is 62.5 Å². The summed E-state index contributed by atoms with van der Waals surface area (Å²) in [6.07, 6.45) is 5.53. The molecule has 1 fully saturated rings. The molecule has 0 amide bonds. The molecular formula is C16H24N4. The predicted molar refractivity (Wildman–Crippen MR) is 80.1 cm³/mol. The molecule has 1 saturated heterocycles. The molecule has 0 spiro atoms. The third kappa shape index (κ3) is 4.59. The van der Waals surface area contributed by atoms with Gasteiger partial charge in [-0.25, -0.2) is 4.98 Å². The van der Waals surface area contributed by atoms with Gasteiger partial charge in [0.2, 0.25) is 0 Å². The van der Waals surface area contributed by atoms with E-state index in [1.807, 2.05) is 12.1 Å². The van der Waals surface area contributed by atoms with Crippen LogP contribution in [0, 0.1) is 17.2 Å². The molecule has 1 aliphatic rings. The fourth-order valence-corrected chi connectivity index (χ4v) is 2.84. The average molecular weight is 272 g/mol. The van der Waals surface area contributed by atoms with E-state index in [-0.39, 0.29) is 0 Å². The topological polar surface area (TPSA) is 52.0 Å². The second-order valence-electron chi connectivity index (χ2n) is 5.61. The Labute approximate surface area is 121 Å². The summed E-state index contributed by atoms with van der Waals surface area (Å²) in [6, 6.07) is 6.02. The van der Waals surface area contributed by atoms with Gasteiger partial charge in [0.25, 0.3) is 0 Å². The van der Waals surface area contributed by atoms with Crippen LogP contribution in [0.1, 0.15) is 37.4 Å². The first-order chi connectivity index (χ1) is 9.81. The Morgan fingerprint density at radius 1 is 1.55 bits per heavy atom. The summed E-state index contributed by atoms with van der Waals surface area (Å²) in [5.41, 5.74) is 1.71. The molecule has 108 valence electrons. The Morgan fingerprint density at radius 3 is 3.25 bits per heavy atom. The first-order valence-electron chi connectivity index (χ1n) is 7.60. The second-order valence-corrected chi connectivity index (χ2v) is 5.61. The standard InChI is InChI=1S/C16H24N4/c1-2-6-18-11-15-4-3-8-20(13-15)12-14-5-7-19-16(9-14)10-17/h5,7,9,15,18H,2-4,6,8,11-13H2,1H3. The molecule has 1 unspecified atom stereocenters. The fraction of sp³-hybridized carbons (Fsp3) is 0.625. The van der Waals surface area contributed by atoms with Crippen molar-refractivity contribution in [1.29, 1.82) is 5.26 Å². The summed E-state index contributed by atoms with van der Waals surface area (Å²) in [6.45, 7) is 7.70. The minimum Gasteiger partial charge on any atom is -0.316 e. The molecule has 0 saturated carbocycles. The van der Waals surface area contributed by atoms with Gasteiger partial charge < -0.3 is 5.32 Å². The lowest BCUT2D eigenvalue weighted by molar-refractivity contribution is 0.165. The zero-order chi connectivity index (χ0) is 14.2. The van der Waals surface area contributed by atoms with E-state index in [1.54, 1.807) is 6.20 Å². The molecule has 0 bridgehead atoms. The highest BCUT2D eigenvalue weighted by Crippen LogP contribution is 2.18. The summed E-state index contributed by atoms with van der Waals surface area (Å²) in [5, 5.41) is 12.4. The molecule has 4 nitrogen and oxygen atoms in total. The number of nitrogens with one attached hydrogen (secondary N) is 1. The van der Waals surface area contributed by atoms with Crippen LogP contribution in [-0.2, 0) is 6.54 Å². The van der Waals surface area contributed by atoms with Crippen molar-refractivity contribution in [3.05, 3.63) is 29.6 Å². The van der Waals surface area contributed by atoms with Crippen LogP contribution in [0.4, 0.5) is 0 Å². The highest BCUT2D eigenvalue weighted by molar-refractivity contribution is 5.25. The zero-order valence-corrected chi connectivity index (χ0v) is 12.3. The maximum atomic E-state index is 8.90. The lowest BCUT2D eigenvalue weighted by atomic mass is 9.97. The fourth-order valence-electron chi connectivity index (χ4n) is 2.84. The van der Waals surface area contributed by atoms with Gasteiger partial charge in [0.15, 0.2) is 0 Å². The molecule has 1 aromatic heterocycles. The first-order valence-corrected chi connectivity index (χ1v) is 7.60. The molecule has 2 rings (SSSR count). The molecule has 4 heteroatoms. The number of hydrogen-bond donors (Lipinski definition) is 1. The van der Waals surface area contributed by atoms with Gasteiger partial charge in [0.1, 0.15) is 11.8 Å². The van der Waals surface area contributed by atoms with E-state index in [4.69, 9.17) is 5.26 Å². The molecular weight excluding hydrogens is 248 g/mol. The molecule has 1 N–H and O–H groups in total. The molecule has 1 atom stereocenters. The summed E-state index contributed by atoms with van der Waals surface area (Å²) < 4.78 is 0. The van der Waals surface area contributed by atoms with Gasteiger partial charge in [0.05, 0.1) is 0 Å². The van der Waals surface area contributed by atoms with Gasteiger partial charge in [-0.2, -0.15) is 5.26 Å². The van der Waals surface area contributed by atoms with Crippen LogP contribution in [0.15, 0.2) is 18.3 Å². The maximum absolute atomic E-state index is 8.90. The highest BCUT2D eigenvalue weighted by Gasteiger charge is 2.19. The highest BCUT2D eigenvalue weighted by atomic mass is 15.1. The largest absolute Gasteiger partial charge is 0.316 e. The first kappa shape index (κ1) is 15.0. The van der Waals surface area contributed by atoms with Crippen molar-refractivity contribution in [1.82, 2.24) is 15.2 Å². The zero-order valence-electron chi connectivity index (χ0n) is 12.3. The van der Waals surface area contributed by atoms with Crippen LogP contribution in [0.3, 0.4) is 0 Å². The number of likely N-dealkylation sites (tertiary alicyclic amines) is 1. The van der Waals surface area contributed by atoms with Crippen molar-refractivity contribution < 1.29 is 0 Å². The van der Waals surface area contributed by atoms with Crippen LogP contribution in [0.2, 0.25) is 0 Å². The van der Waals surface area contributed by atoms with E-state index >= 15 is 0 Å². The summed E-state index contributed by atoms with van der Waals surface area (Å²) >= 11 is 0. The van der Waals surface area contributed by atoms with E-state index in [1.165, 1.54) is 24.8 Å². The monoisotopic (exact) mass is 272 g/mol. The normalized spacial score (nSPS) is 19.7. The smallest absolute Gasteiger partial charge is 0.140 e. The number of rotatable bonds is 6. The molecule has 2 heterocycles. The Kier molecular flexibility index (Phi) is 5.97. The lowest BCUT2D eigenvalue weighted by Crippen LogP contribution is -2.39. The summed E-state index contributed by atoms with van der Waals surface area (Å²) in [5.74, 6) is 0.757. The predicted octanol–water partition coefficient (Wildman–Crippen LogP) is 2.16. The van der Waals surface area contributed by atoms with E-state index in [9.17, 15) is 0 Å². The number of piperidine rings is 1. The molecule has 1 aromatic rings. The van der Waals surface area contributed by atoms with E-state index < -0.39 is 0 Å². The number of nitrogens with zero attached hydrogens (tertiary/aromatic N) is 3. The number of nitriles is 1. The van der Waals surface area contributed by atoms with Crippen LogP contribution in [-0.4, -0.2) is 36.1 Å². The van der Waals surface area contributed by atoms with Gasteiger partial charge in [-0.1, -0.05) is 6.92 Å². The molecule has 1 aliphatic heterocycles. The van der Waals surface area contributed by atoms with Gasteiger partial charge >= 0.3 is 0 Å². The van der Waals surface area contributed by atoms with Gasteiger partial charge in [-0.3, -0.25) is 4.90 Å². The Hall–Kier alpha value is -1.44. The molecule has 0 radical (unpaired) electrons. The van der Waals surface area contributed by atoms with Crippen molar-refractivity contribution in [2.75, 3.05) is 26.2 Å². The van der Waals surface area contributed by atoms with Crippen molar-refractivity contribution >= 4 is 0 Å². The Morgan fingerprint density at radius 2 is 2.45 bits per heavy atom. The van der Waals surface area contributed by atoms with Crippen LogP contribution in [0.25, 0.3) is 0 Å². The van der Waals surface area contributed by atoms with Crippen molar-refractivity contribution in [2.24, 2.45) is 5.92 Å². The van der Waals surface area contributed by atoms with Crippen LogP contribution < -0.4 is 5.32 Å². The van der Waals surface area contributed by atoms with Crippen LogP contribution in [0.5, 0.6) is 0 Å². The summed E-state index contributed by atoms with van der Waals surface area (Å²) in [7, 11) is 0. The van der Waals surface area contributed by atoms with Crippen LogP contribution >= 0.6 is 0 Å². The van der Waals surface area contributed by atoms with E-state index in [0.717, 1.165) is 38.6 Å². The number of pyridine rings is 1. The number of aromatic nitrogens is 1. The third-order valence-electron chi connectivity index (χ3n) is 3.81. The minimum absolute atomic E-state index is 0.515. The molecule has 0 aromatic carbocycles. The van der Waals surface area contributed by atoms with E-state index in [0.29, 0.717) is 5.69 Å². The van der Waals surface area contributed by atoms with Gasteiger partial charge in [-0.15, -0.1) is 0 Å². The minimum atomic E-state index is 0.515. The third-order valence-corrected chi connectivity index (χ3v) is 3.81. The Balaban J connectivity index is 1.84. The summed E-state index contributed by atoms with van der Waals surface area (Å²) in [4.78, 5) is 6.52.